The molecule has 0 spiro atoms. The summed E-state index contributed by atoms with van der Waals surface area (Å²) in [7, 11) is 0. The third-order valence-electron chi connectivity index (χ3n) is 11.3. The Hall–Kier alpha value is -1.76. The molecule has 8 atom stereocenters. The summed E-state index contributed by atoms with van der Waals surface area (Å²) < 4.78 is 13.0. The van der Waals surface area contributed by atoms with Crippen molar-refractivity contribution < 1.29 is 29.3 Å². The summed E-state index contributed by atoms with van der Waals surface area (Å²) in [6, 6.07) is 0. The summed E-state index contributed by atoms with van der Waals surface area (Å²) in [5, 5.41) is 22.0. The van der Waals surface area contributed by atoms with Crippen molar-refractivity contribution in [3.05, 3.63) is 34.9 Å². The van der Waals surface area contributed by atoms with Crippen LogP contribution in [0.2, 0.25) is 0 Å². The molecule has 3 fully saturated rings. The van der Waals surface area contributed by atoms with Crippen molar-refractivity contribution in [1.29, 1.82) is 0 Å². The second kappa shape index (κ2) is 6.71. The maximum atomic E-state index is 13.3. The van der Waals surface area contributed by atoms with Crippen LogP contribution in [0.15, 0.2) is 34.9 Å². The smallest absolute Gasteiger partial charge is 0.336 e. The van der Waals surface area contributed by atoms with Crippen LogP contribution in [-0.2, 0) is 19.1 Å². The van der Waals surface area contributed by atoms with E-state index < -0.39 is 39.7 Å². The minimum atomic E-state index is -1.14. The maximum Gasteiger partial charge on any atom is 0.336 e. The van der Waals surface area contributed by atoms with Gasteiger partial charge >= 0.3 is 5.97 Å². The van der Waals surface area contributed by atoms with Crippen molar-refractivity contribution in [1.82, 2.24) is 0 Å². The van der Waals surface area contributed by atoms with Gasteiger partial charge in [0.2, 0.25) is 0 Å². The Kier molecular flexibility index (Phi) is 4.48. The number of fused-ring (bicyclic) bond motifs is 3. The molecule has 0 aromatic carbocycles. The molecule has 4 aliphatic carbocycles. The molecule has 0 aromatic heterocycles. The molecule has 6 aliphatic rings. The fourth-order valence-electron chi connectivity index (χ4n) is 9.25. The van der Waals surface area contributed by atoms with Gasteiger partial charge in [0.05, 0.1) is 23.2 Å². The zero-order valence-electron chi connectivity index (χ0n) is 20.6. The van der Waals surface area contributed by atoms with Crippen molar-refractivity contribution in [2.75, 3.05) is 6.61 Å². The van der Waals surface area contributed by atoms with Gasteiger partial charge in [0, 0.05) is 18.3 Å². The van der Waals surface area contributed by atoms with Crippen molar-refractivity contribution in [2.24, 2.45) is 22.7 Å². The molecule has 6 rings (SSSR count). The molecule has 2 saturated carbocycles. The molecule has 1 saturated heterocycles. The molecule has 6 heteroatoms. The predicted octanol–water partition coefficient (Wildman–Crippen LogP) is 3.56. The molecule has 0 radical (unpaired) electrons. The quantitative estimate of drug-likeness (QED) is 0.602. The lowest BCUT2D eigenvalue weighted by Gasteiger charge is -2.59. The first-order chi connectivity index (χ1) is 16.0. The van der Waals surface area contributed by atoms with Gasteiger partial charge in [-0.2, -0.15) is 0 Å². The lowest BCUT2D eigenvalue weighted by Crippen LogP contribution is -2.63. The van der Waals surface area contributed by atoms with Crippen molar-refractivity contribution in [3.63, 3.8) is 0 Å². The molecular formula is C28H36O6. The minimum absolute atomic E-state index is 0.121. The van der Waals surface area contributed by atoms with Crippen LogP contribution in [0, 0.1) is 22.7 Å². The highest BCUT2D eigenvalue weighted by Gasteiger charge is 2.84. The Morgan fingerprint density at radius 2 is 1.88 bits per heavy atom. The fraction of sp³-hybridized carbons (Fsp3) is 0.714. The molecule has 0 aromatic rings. The Balaban J connectivity index is 1.44. The molecule has 2 heterocycles. The van der Waals surface area contributed by atoms with Crippen LogP contribution in [0.4, 0.5) is 0 Å². The van der Waals surface area contributed by atoms with E-state index in [0.717, 1.165) is 36.8 Å². The lowest BCUT2D eigenvalue weighted by atomic mass is 9.46. The Morgan fingerprint density at radius 3 is 2.59 bits per heavy atom. The number of rotatable bonds is 2. The third-order valence-corrected chi connectivity index (χ3v) is 11.3. The average Bonchev–Trinajstić information content (AvgIpc) is 3.11. The third kappa shape index (κ3) is 2.25. The Morgan fingerprint density at radius 1 is 1.12 bits per heavy atom. The van der Waals surface area contributed by atoms with Crippen molar-refractivity contribution >= 4 is 11.8 Å². The summed E-state index contributed by atoms with van der Waals surface area (Å²) >= 11 is 0. The topological polar surface area (TPSA) is 93.1 Å². The number of carbonyl (C=O) groups is 2. The summed E-state index contributed by atoms with van der Waals surface area (Å²) in [4.78, 5) is 26.0. The maximum absolute atomic E-state index is 13.3. The van der Waals surface area contributed by atoms with Gasteiger partial charge in [-0.05, 0) is 70.3 Å². The van der Waals surface area contributed by atoms with E-state index in [-0.39, 0.29) is 24.2 Å². The first-order valence-corrected chi connectivity index (χ1v) is 12.8. The molecule has 6 nitrogen and oxygen atoms in total. The number of hydrogen-bond acceptors (Lipinski definition) is 6. The van der Waals surface area contributed by atoms with Gasteiger partial charge in [0.1, 0.15) is 23.1 Å². The Bertz CT molecular complexity index is 1090. The number of ether oxygens (including phenoxy) is 2. The predicted molar refractivity (Wildman–Crippen MR) is 125 cm³/mol. The number of carbonyl (C=O) groups excluding carboxylic acids is 2. The number of allylic oxidation sites excluding steroid dienone is 4. The Labute approximate surface area is 201 Å². The van der Waals surface area contributed by atoms with Gasteiger partial charge in [-0.1, -0.05) is 30.7 Å². The second-order valence-electron chi connectivity index (χ2n) is 12.2. The molecule has 184 valence electrons. The number of ketones is 1. The van der Waals surface area contributed by atoms with Crippen LogP contribution < -0.4 is 0 Å². The van der Waals surface area contributed by atoms with Crippen LogP contribution in [0.5, 0.6) is 0 Å². The molecule has 2 aliphatic heterocycles. The zero-order chi connectivity index (χ0) is 24.3. The average molecular weight is 469 g/mol. The van der Waals surface area contributed by atoms with E-state index >= 15 is 0 Å². The highest BCUT2D eigenvalue weighted by atomic mass is 16.6. The number of Topliss-reactive ketones (excluding diaryl/α,β-unsaturated/α-hetero) is 1. The van der Waals surface area contributed by atoms with E-state index in [0.29, 0.717) is 24.8 Å². The van der Waals surface area contributed by atoms with Gasteiger partial charge < -0.3 is 19.7 Å². The summed E-state index contributed by atoms with van der Waals surface area (Å²) in [5.74, 6) is 0.0475. The van der Waals surface area contributed by atoms with Crippen molar-refractivity contribution in [3.8, 4) is 0 Å². The van der Waals surface area contributed by atoms with E-state index in [4.69, 9.17) is 9.47 Å². The molecule has 0 amide bonds. The van der Waals surface area contributed by atoms with Crippen LogP contribution >= 0.6 is 0 Å². The van der Waals surface area contributed by atoms with Gasteiger partial charge in [0.15, 0.2) is 0 Å². The summed E-state index contributed by atoms with van der Waals surface area (Å²) in [5.41, 5.74) is -1.55. The second-order valence-corrected chi connectivity index (χ2v) is 12.2. The van der Waals surface area contributed by atoms with Crippen molar-refractivity contribution in [2.45, 2.75) is 95.5 Å². The van der Waals surface area contributed by atoms with Gasteiger partial charge in [-0.15, -0.1) is 0 Å². The largest absolute Gasteiger partial charge is 0.455 e. The van der Waals surface area contributed by atoms with E-state index in [9.17, 15) is 19.8 Å². The highest BCUT2D eigenvalue weighted by molar-refractivity contribution is 5.92. The van der Waals surface area contributed by atoms with Crippen LogP contribution in [0.1, 0.15) is 72.6 Å². The van der Waals surface area contributed by atoms with Gasteiger partial charge in [-0.3, -0.25) is 4.79 Å². The number of hydrogen-bond donors (Lipinski definition) is 2. The van der Waals surface area contributed by atoms with Crippen LogP contribution in [0.3, 0.4) is 0 Å². The fourth-order valence-corrected chi connectivity index (χ4v) is 9.25. The van der Waals surface area contributed by atoms with E-state index in [1.807, 2.05) is 19.9 Å². The molecule has 34 heavy (non-hydrogen) atoms. The van der Waals surface area contributed by atoms with E-state index in [2.05, 4.69) is 26.0 Å². The minimum Gasteiger partial charge on any atom is -0.455 e. The summed E-state index contributed by atoms with van der Waals surface area (Å²) in [6.07, 6.45) is 10.4. The number of cyclic esters (lactones) is 1. The SMILES string of the molecule is CC1=C(CO)C(=O)OC(C2(C)OC34CCC2(O)C3(C)CCC2C4CC=C3C=CCC(=O)C32C)C1. The molecule has 2 N–H and O–H groups in total. The molecule has 2 bridgehead atoms. The molecule has 8 unspecified atom stereocenters. The number of aliphatic hydroxyl groups is 2. The van der Waals surface area contributed by atoms with E-state index in [1.54, 1.807) is 0 Å². The number of esters is 1. The lowest BCUT2D eigenvalue weighted by molar-refractivity contribution is -0.248. The highest BCUT2D eigenvalue weighted by Crippen LogP contribution is 2.77. The van der Waals surface area contributed by atoms with Gasteiger partial charge in [-0.25, -0.2) is 4.79 Å². The van der Waals surface area contributed by atoms with Crippen LogP contribution in [-0.4, -0.2) is 51.5 Å². The first-order valence-electron chi connectivity index (χ1n) is 12.8. The van der Waals surface area contributed by atoms with Crippen LogP contribution in [0.25, 0.3) is 0 Å². The van der Waals surface area contributed by atoms with Gasteiger partial charge in [0.25, 0.3) is 0 Å². The molecular weight excluding hydrogens is 432 g/mol. The normalized spacial score (nSPS) is 51.6. The summed E-state index contributed by atoms with van der Waals surface area (Å²) in [6.45, 7) is 7.70. The van der Waals surface area contributed by atoms with E-state index in [1.165, 1.54) is 0 Å². The first kappa shape index (κ1) is 22.7. The zero-order valence-corrected chi connectivity index (χ0v) is 20.6. The standard InChI is InChI=1S/C28H36O6/c1-16-14-22(33-23(31)18(16)15-29)26(4)28(32)13-12-27(34-26)20-9-8-17-6-5-7-21(30)25(17,3)19(20)10-11-24(27,28)2/h5-6,8,19-20,22,29,32H,7,9-15H2,1-4H3. The number of aliphatic hydroxyl groups excluding tert-OH is 1. The monoisotopic (exact) mass is 468 g/mol.